The molecule has 0 heterocycles. The van der Waals surface area contributed by atoms with Gasteiger partial charge in [-0.2, -0.15) is 6.07 Å². The molecule has 162 valence electrons. The summed E-state index contributed by atoms with van der Waals surface area (Å²) in [6.07, 6.45) is 4.79. The van der Waals surface area contributed by atoms with Crippen molar-refractivity contribution in [2.24, 2.45) is 0 Å². The van der Waals surface area contributed by atoms with Gasteiger partial charge in [-0.15, -0.1) is 34.5 Å². The van der Waals surface area contributed by atoms with E-state index in [2.05, 4.69) is 84.0 Å². The predicted molar refractivity (Wildman–Crippen MR) is 133 cm³/mol. The van der Waals surface area contributed by atoms with Gasteiger partial charge >= 0.3 is 37.9 Å². The molecule has 0 aromatic heterocycles. The fraction of sp³-hybridized carbons (Fsp3) is 0.444. The standard InChI is InChI=1S/C27H35.2ClH.Zr/c1-7-9-10-20-13-22-12-11-21(8-2)27(26(22)14-20)25-16-23(18(3)4)15-24(17-25)19(5)6;;;/h11-19H,7-10H2,1-6H3;2*1H;/q-1;;;+2/p-2. The molecule has 0 aliphatic carbocycles. The minimum absolute atomic E-state index is 0.548. The van der Waals surface area contributed by atoms with E-state index in [1.54, 1.807) is 0 Å². The molecule has 0 bridgehead atoms. The zero-order chi connectivity index (χ0) is 22.3. The van der Waals surface area contributed by atoms with E-state index in [0.29, 0.717) is 11.8 Å². The number of hydrogen-bond acceptors (Lipinski definition) is 0. The number of benzene rings is 2. The number of halogens is 2. The molecule has 3 aromatic carbocycles. The summed E-state index contributed by atoms with van der Waals surface area (Å²) in [5, 5.41) is 2.84. The van der Waals surface area contributed by atoms with E-state index in [9.17, 15) is 0 Å². The van der Waals surface area contributed by atoms with Crippen molar-refractivity contribution >= 4 is 27.8 Å². The van der Waals surface area contributed by atoms with Gasteiger partial charge in [-0.05, 0) is 41.4 Å². The Bertz CT molecular complexity index is 911. The first-order valence-electron chi connectivity index (χ1n) is 11.2. The molecule has 0 saturated heterocycles. The second kappa shape index (κ2) is 12.5. The van der Waals surface area contributed by atoms with E-state index in [4.69, 9.17) is 17.0 Å². The molecule has 0 N–H and O–H groups in total. The van der Waals surface area contributed by atoms with Gasteiger partial charge in [-0.25, -0.2) is 0 Å². The molecule has 0 fully saturated rings. The summed E-state index contributed by atoms with van der Waals surface area (Å²) in [7, 11) is 9.87. The van der Waals surface area contributed by atoms with E-state index in [1.807, 2.05) is 0 Å². The van der Waals surface area contributed by atoms with Crippen molar-refractivity contribution in [1.29, 1.82) is 0 Å². The molecule has 0 amide bonds. The van der Waals surface area contributed by atoms with E-state index < -0.39 is 20.8 Å². The normalized spacial score (nSPS) is 11.1. The van der Waals surface area contributed by atoms with Crippen molar-refractivity contribution in [2.75, 3.05) is 0 Å². The van der Waals surface area contributed by atoms with Gasteiger partial charge in [-0.3, -0.25) is 0 Å². The number of fused-ring (bicyclic) bond motifs is 1. The van der Waals surface area contributed by atoms with Crippen LogP contribution in [0.5, 0.6) is 0 Å². The Hall–Kier alpha value is -0.487. The average Bonchev–Trinajstić information content (AvgIpc) is 3.14. The van der Waals surface area contributed by atoms with Gasteiger partial charge in [0.1, 0.15) is 0 Å². The average molecular weight is 522 g/mol. The second-order valence-electron chi connectivity index (χ2n) is 8.69. The predicted octanol–water partition coefficient (Wildman–Crippen LogP) is 9.75. The monoisotopic (exact) mass is 519 g/mol. The third-order valence-corrected chi connectivity index (χ3v) is 5.84. The van der Waals surface area contributed by atoms with E-state index in [0.717, 1.165) is 6.42 Å². The summed E-state index contributed by atoms with van der Waals surface area (Å²) in [6.45, 7) is 13.8. The molecule has 0 spiro atoms. The van der Waals surface area contributed by atoms with Crippen molar-refractivity contribution in [3.8, 4) is 11.1 Å². The maximum atomic E-state index is 4.93. The van der Waals surface area contributed by atoms with E-state index in [-0.39, 0.29) is 0 Å². The SMILES string of the molecule is CCCCc1cc2c(-c3cc(C(C)C)cc(C(C)C)c3)c(CC)ccc2[cH-]1.[Cl][Zr][Cl]. The van der Waals surface area contributed by atoms with Crippen LogP contribution >= 0.6 is 17.0 Å². The fourth-order valence-electron chi connectivity index (χ4n) is 4.04. The molecule has 0 saturated carbocycles. The van der Waals surface area contributed by atoms with Crippen LogP contribution in [0.1, 0.15) is 88.5 Å². The third-order valence-electron chi connectivity index (χ3n) is 5.84. The van der Waals surface area contributed by atoms with Crippen LogP contribution in [0.3, 0.4) is 0 Å². The Labute approximate surface area is 202 Å². The summed E-state index contributed by atoms with van der Waals surface area (Å²) in [4.78, 5) is 0. The Morgan fingerprint density at radius 1 is 0.900 bits per heavy atom. The summed E-state index contributed by atoms with van der Waals surface area (Å²) in [5.41, 5.74) is 8.72. The topological polar surface area (TPSA) is 0 Å². The van der Waals surface area contributed by atoms with Gasteiger partial charge in [0.05, 0.1) is 0 Å². The third kappa shape index (κ3) is 6.51. The first kappa shape index (κ1) is 25.8. The number of hydrogen-bond donors (Lipinski definition) is 0. The van der Waals surface area contributed by atoms with Crippen LogP contribution in [-0.2, 0) is 33.7 Å². The molecule has 0 nitrogen and oxygen atoms in total. The molecule has 0 aliphatic heterocycles. The summed E-state index contributed by atoms with van der Waals surface area (Å²) in [6, 6.07) is 16.8. The first-order chi connectivity index (χ1) is 14.4. The zero-order valence-electron chi connectivity index (χ0n) is 19.3. The van der Waals surface area contributed by atoms with Crippen LogP contribution in [0.25, 0.3) is 21.9 Å². The summed E-state index contributed by atoms with van der Waals surface area (Å²) in [5.74, 6) is 1.10. The van der Waals surface area contributed by atoms with E-state index >= 15 is 0 Å². The van der Waals surface area contributed by atoms with Crippen molar-refractivity contribution < 1.29 is 20.8 Å². The van der Waals surface area contributed by atoms with Crippen LogP contribution in [-0.4, -0.2) is 0 Å². The molecule has 0 aliphatic rings. The second-order valence-corrected chi connectivity index (χ2v) is 12.4. The number of aryl methyl sites for hydroxylation is 2. The van der Waals surface area contributed by atoms with Gasteiger partial charge < -0.3 is 0 Å². The Kier molecular flexibility index (Phi) is 10.8. The van der Waals surface area contributed by atoms with E-state index in [1.165, 1.54) is 63.4 Å². The maximum absolute atomic E-state index is 4.93. The van der Waals surface area contributed by atoms with Gasteiger partial charge in [-0.1, -0.05) is 83.7 Å². The molecular weight excluding hydrogens is 486 g/mol. The molecule has 0 radical (unpaired) electrons. The molecule has 3 rings (SSSR count). The van der Waals surface area contributed by atoms with Gasteiger partial charge in [0, 0.05) is 0 Å². The summed E-state index contributed by atoms with van der Waals surface area (Å²) >= 11 is -0.826. The van der Waals surface area contributed by atoms with Crippen molar-refractivity contribution in [1.82, 2.24) is 0 Å². The molecular formula is C27H35Cl2Zr-. The van der Waals surface area contributed by atoms with Crippen LogP contribution in [0.4, 0.5) is 0 Å². The molecule has 0 unspecified atom stereocenters. The van der Waals surface area contributed by atoms with Crippen molar-refractivity contribution in [2.45, 2.75) is 79.1 Å². The van der Waals surface area contributed by atoms with Crippen LogP contribution in [0.15, 0.2) is 42.5 Å². The molecule has 3 heteroatoms. The Balaban J connectivity index is 0.00000101. The van der Waals surface area contributed by atoms with Crippen molar-refractivity contribution in [3.63, 3.8) is 0 Å². The minimum atomic E-state index is -0.826. The number of unbranched alkanes of at least 4 members (excludes halogenated alkanes) is 1. The molecule has 3 aromatic rings. The fourth-order valence-corrected chi connectivity index (χ4v) is 4.04. The van der Waals surface area contributed by atoms with Crippen LogP contribution < -0.4 is 0 Å². The summed E-state index contributed by atoms with van der Waals surface area (Å²) < 4.78 is 0. The zero-order valence-corrected chi connectivity index (χ0v) is 23.3. The first-order valence-corrected chi connectivity index (χ1v) is 17.5. The van der Waals surface area contributed by atoms with Gasteiger partial charge in [0.15, 0.2) is 0 Å². The number of rotatable bonds is 7. The van der Waals surface area contributed by atoms with Gasteiger partial charge in [0.25, 0.3) is 0 Å². The van der Waals surface area contributed by atoms with Gasteiger partial charge in [0.2, 0.25) is 0 Å². The van der Waals surface area contributed by atoms with Crippen LogP contribution in [0.2, 0.25) is 0 Å². The van der Waals surface area contributed by atoms with Crippen molar-refractivity contribution in [3.05, 3.63) is 64.7 Å². The molecule has 30 heavy (non-hydrogen) atoms. The Morgan fingerprint density at radius 3 is 2.00 bits per heavy atom. The van der Waals surface area contributed by atoms with Crippen LogP contribution in [0, 0.1) is 0 Å². The quantitative estimate of drug-likeness (QED) is 0.271. The molecule has 0 atom stereocenters. The Morgan fingerprint density at radius 2 is 1.50 bits per heavy atom.